The number of hydrogen-bond acceptors (Lipinski definition) is 5. The van der Waals surface area contributed by atoms with E-state index < -0.39 is 14.8 Å². The Morgan fingerprint density at radius 1 is 1.03 bits per heavy atom. The number of carbonyl (C=O) groups excluding carboxylic acids is 1. The Morgan fingerprint density at radius 3 is 2.07 bits per heavy atom. The molecule has 2 aliphatic heterocycles. The molecule has 1 aromatic rings. The highest BCUT2D eigenvalue weighted by Gasteiger charge is 2.38. The molecular weight excluding hydrogens is 402 g/mol. The van der Waals surface area contributed by atoms with E-state index in [-0.39, 0.29) is 24.0 Å². The minimum atomic E-state index is -3.34. The Bertz CT molecular complexity index is 830. The molecule has 1 amide bonds. The maximum absolute atomic E-state index is 12.7. The minimum Gasteiger partial charge on any atom is -0.372 e. The number of sulfonamides is 1. The molecule has 0 radical (unpaired) electrons. The van der Waals surface area contributed by atoms with Gasteiger partial charge in [0, 0.05) is 43.5 Å². The lowest BCUT2D eigenvalue weighted by Crippen LogP contribution is -2.47. The molecule has 2 saturated heterocycles. The van der Waals surface area contributed by atoms with Gasteiger partial charge in [-0.3, -0.25) is 4.79 Å². The summed E-state index contributed by atoms with van der Waals surface area (Å²) in [5.41, 5.74) is 1.89. The van der Waals surface area contributed by atoms with Crippen LogP contribution < -0.4 is 10.2 Å². The maximum Gasteiger partial charge on any atom is 0.227 e. The summed E-state index contributed by atoms with van der Waals surface area (Å²) >= 11 is 0. The summed E-state index contributed by atoms with van der Waals surface area (Å²) in [6.45, 7) is 11.8. The molecule has 1 aromatic carbocycles. The van der Waals surface area contributed by atoms with Crippen LogP contribution in [0.3, 0.4) is 0 Å². The van der Waals surface area contributed by atoms with Crippen molar-refractivity contribution >= 4 is 27.3 Å². The molecule has 0 spiro atoms. The third kappa shape index (κ3) is 5.15. The standard InChI is InChI=1S/C22H35N3O4S/c1-16-14-24(15-17(2)29-16)20-8-6-19(7-9-20)23-21(26)18-10-12-25(13-11-18)30(27,28)22(3,4)5/h6-9,16-18H,10-15H2,1-5H3,(H,23,26)/t16-,17?/m1/s1. The van der Waals surface area contributed by atoms with Gasteiger partial charge in [-0.05, 0) is 71.7 Å². The lowest BCUT2D eigenvalue weighted by atomic mass is 9.97. The smallest absolute Gasteiger partial charge is 0.227 e. The number of nitrogens with one attached hydrogen (secondary N) is 1. The zero-order valence-corrected chi connectivity index (χ0v) is 19.5. The van der Waals surface area contributed by atoms with Crippen molar-refractivity contribution in [2.45, 2.75) is 64.4 Å². The number of morpholine rings is 1. The van der Waals surface area contributed by atoms with E-state index in [0.29, 0.717) is 25.9 Å². The van der Waals surface area contributed by atoms with Gasteiger partial charge in [0.1, 0.15) is 0 Å². The Morgan fingerprint density at radius 2 is 1.57 bits per heavy atom. The minimum absolute atomic E-state index is 0.0378. The van der Waals surface area contributed by atoms with Crippen LogP contribution >= 0.6 is 0 Å². The molecule has 0 saturated carbocycles. The van der Waals surface area contributed by atoms with Gasteiger partial charge in [0.25, 0.3) is 0 Å². The second kappa shape index (κ2) is 8.85. The van der Waals surface area contributed by atoms with Gasteiger partial charge < -0.3 is 15.0 Å². The van der Waals surface area contributed by atoms with Crippen LogP contribution in [0.4, 0.5) is 11.4 Å². The number of benzene rings is 1. The predicted molar refractivity (Wildman–Crippen MR) is 120 cm³/mol. The van der Waals surface area contributed by atoms with Crippen LogP contribution in [0.5, 0.6) is 0 Å². The Kier molecular flexibility index (Phi) is 6.79. The second-order valence-electron chi connectivity index (χ2n) is 9.49. The highest BCUT2D eigenvalue weighted by atomic mass is 32.2. The quantitative estimate of drug-likeness (QED) is 0.783. The van der Waals surface area contributed by atoms with Crippen LogP contribution in [0.15, 0.2) is 24.3 Å². The predicted octanol–water partition coefficient (Wildman–Crippen LogP) is 3.08. The van der Waals surface area contributed by atoms with E-state index in [1.807, 2.05) is 24.3 Å². The SMILES string of the molecule is CC1CN(c2ccc(NC(=O)C3CCN(S(=O)(=O)C(C)(C)C)CC3)cc2)C[C@@H](C)O1. The van der Waals surface area contributed by atoms with Gasteiger partial charge in [0.15, 0.2) is 0 Å². The maximum atomic E-state index is 12.7. The number of rotatable bonds is 4. The third-order valence-electron chi connectivity index (χ3n) is 5.86. The lowest BCUT2D eigenvalue weighted by Gasteiger charge is -2.37. The van der Waals surface area contributed by atoms with E-state index in [2.05, 4.69) is 24.1 Å². The first-order valence-corrected chi connectivity index (χ1v) is 12.2. The molecule has 168 valence electrons. The van der Waals surface area contributed by atoms with Crippen LogP contribution in [-0.2, 0) is 19.6 Å². The van der Waals surface area contributed by atoms with E-state index in [9.17, 15) is 13.2 Å². The number of hydrogen-bond donors (Lipinski definition) is 1. The zero-order chi connectivity index (χ0) is 22.1. The van der Waals surface area contributed by atoms with E-state index in [1.165, 1.54) is 4.31 Å². The van der Waals surface area contributed by atoms with Gasteiger partial charge in [-0.1, -0.05) is 0 Å². The van der Waals surface area contributed by atoms with Gasteiger partial charge >= 0.3 is 0 Å². The fourth-order valence-corrected chi connectivity index (χ4v) is 5.60. The molecule has 0 bridgehead atoms. The van der Waals surface area contributed by atoms with Crippen LogP contribution in [-0.4, -0.2) is 61.8 Å². The molecule has 0 aromatic heterocycles. The number of nitrogens with zero attached hydrogens (tertiary/aromatic N) is 2. The number of anilines is 2. The number of piperidine rings is 1. The lowest BCUT2D eigenvalue weighted by molar-refractivity contribution is -0.120. The molecular formula is C22H35N3O4S. The normalized spacial score (nSPS) is 24.6. The summed E-state index contributed by atoms with van der Waals surface area (Å²) in [4.78, 5) is 15.0. The fraction of sp³-hybridized carbons (Fsp3) is 0.682. The van der Waals surface area contributed by atoms with Crippen molar-refractivity contribution in [1.82, 2.24) is 4.31 Å². The van der Waals surface area contributed by atoms with E-state index >= 15 is 0 Å². The largest absolute Gasteiger partial charge is 0.372 e. The summed E-state index contributed by atoms with van der Waals surface area (Å²) in [6, 6.07) is 7.91. The van der Waals surface area contributed by atoms with Crippen LogP contribution in [0, 0.1) is 5.92 Å². The van der Waals surface area contributed by atoms with E-state index in [1.54, 1.807) is 20.8 Å². The summed E-state index contributed by atoms with van der Waals surface area (Å²) in [6.07, 6.45) is 1.48. The Labute approximate surface area is 180 Å². The van der Waals surface area contributed by atoms with Crippen LogP contribution in [0.2, 0.25) is 0 Å². The third-order valence-corrected chi connectivity index (χ3v) is 8.45. The fourth-order valence-electron chi connectivity index (χ4n) is 4.13. The summed E-state index contributed by atoms with van der Waals surface area (Å²) in [5.74, 6) is -0.207. The highest BCUT2D eigenvalue weighted by Crippen LogP contribution is 2.27. The van der Waals surface area contributed by atoms with Crippen molar-refractivity contribution < 1.29 is 17.9 Å². The molecule has 1 unspecified atom stereocenters. The average molecular weight is 438 g/mol. The van der Waals surface area contributed by atoms with Crippen molar-refractivity contribution in [3.05, 3.63) is 24.3 Å². The molecule has 2 heterocycles. The molecule has 2 aliphatic rings. The van der Waals surface area contributed by atoms with Crippen LogP contribution in [0.1, 0.15) is 47.5 Å². The van der Waals surface area contributed by atoms with Crippen molar-refractivity contribution in [3.63, 3.8) is 0 Å². The van der Waals surface area contributed by atoms with Crippen molar-refractivity contribution in [2.24, 2.45) is 5.92 Å². The summed E-state index contributed by atoms with van der Waals surface area (Å²) in [5, 5.41) is 2.99. The van der Waals surface area contributed by atoms with E-state index in [0.717, 1.165) is 24.5 Å². The highest BCUT2D eigenvalue weighted by molar-refractivity contribution is 7.90. The molecule has 30 heavy (non-hydrogen) atoms. The first-order chi connectivity index (χ1) is 14.0. The average Bonchev–Trinajstić information content (AvgIpc) is 2.67. The Hall–Kier alpha value is -1.64. The number of ether oxygens (including phenoxy) is 1. The van der Waals surface area contributed by atoms with Gasteiger partial charge in [-0.15, -0.1) is 0 Å². The van der Waals surface area contributed by atoms with Gasteiger partial charge in [-0.25, -0.2) is 12.7 Å². The molecule has 2 fully saturated rings. The number of amides is 1. The van der Waals surface area contributed by atoms with Gasteiger partial charge in [0.2, 0.25) is 15.9 Å². The zero-order valence-electron chi connectivity index (χ0n) is 18.7. The Balaban J connectivity index is 1.54. The van der Waals surface area contributed by atoms with Gasteiger partial charge in [0.05, 0.1) is 17.0 Å². The van der Waals surface area contributed by atoms with Crippen molar-refractivity contribution in [1.29, 1.82) is 0 Å². The molecule has 1 N–H and O–H groups in total. The second-order valence-corrected chi connectivity index (χ2v) is 12.2. The summed E-state index contributed by atoms with van der Waals surface area (Å²) < 4.78 is 31.7. The topological polar surface area (TPSA) is 79.0 Å². The van der Waals surface area contributed by atoms with Crippen molar-refractivity contribution in [2.75, 3.05) is 36.4 Å². The molecule has 7 nitrogen and oxygen atoms in total. The molecule has 3 rings (SSSR count). The first kappa shape index (κ1) is 23.0. The molecule has 0 aliphatic carbocycles. The molecule has 2 atom stereocenters. The summed E-state index contributed by atoms with van der Waals surface area (Å²) in [7, 11) is -3.34. The van der Waals surface area contributed by atoms with Gasteiger partial charge in [-0.2, -0.15) is 0 Å². The molecule has 8 heteroatoms. The first-order valence-electron chi connectivity index (χ1n) is 10.8. The van der Waals surface area contributed by atoms with Crippen LogP contribution in [0.25, 0.3) is 0 Å². The van der Waals surface area contributed by atoms with Crippen molar-refractivity contribution in [3.8, 4) is 0 Å². The monoisotopic (exact) mass is 437 g/mol. The van der Waals surface area contributed by atoms with E-state index in [4.69, 9.17) is 4.74 Å². The number of carbonyl (C=O) groups is 1.